The SMILES string of the molecule is CNC(=O)Nc1cc(Oc2cncc(OC)c2)c([C@H]2CCCOC2)cn1. The molecule has 8 nitrogen and oxygen atoms in total. The zero-order valence-electron chi connectivity index (χ0n) is 14.8. The third kappa shape index (κ3) is 4.40. The van der Waals surface area contributed by atoms with E-state index in [1.54, 1.807) is 44.9 Å². The summed E-state index contributed by atoms with van der Waals surface area (Å²) >= 11 is 0. The van der Waals surface area contributed by atoms with E-state index in [2.05, 4.69) is 20.6 Å². The van der Waals surface area contributed by atoms with Crippen LogP contribution in [0.15, 0.2) is 30.7 Å². The van der Waals surface area contributed by atoms with Gasteiger partial charge in [0.05, 0.1) is 26.1 Å². The fourth-order valence-electron chi connectivity index (χ4n) is 2.77. The number of carbonyl (C=O) groups is 1. The Hall–Kier alpha value is -2.87. The number of anilines is 1. The van der Waals surface area contributed by atoms with Crippen molar-refractivity contribution in [1.29, 1.82) is 0 Å². The molecule has 3 heterocycles. The first-order chi connectivity index (χ1) is 12.7. The average molecular weight is 358 g/mol. The molecule has 0 radical (unpaired) electrons. The van der Waals surface area contributed by atoms with Gasteiger partial charge in [-0.2, -0.15) is 0 Å². The highest BCUT2D eigenvalue weighted by atomic mass is 16.5. The lowest BCUT2D eigenvalue weighted by molar-refractivity contribution is 0.0797. The second kappa shape index (κ2) is 8.48. The number of nitrogens with one attached hydrogen (secondary N) is 2. The molecule has 1 fully saturated rings. The molecule has 0 bridgehead atoms. The average Bonchev–Trinajstić information content (AvgIpc) is 2.69. The minimum Gasteiger partial charge on any atom is -0.495 e. The molecule has 138 valence electrons. The minimum absolute atomic E-state index is 0.193. The molecule has 1 saturated heterocycles. The molecule has 2 N–H and O–H groups in total. The predicted octanol–water partition coefficient (Wildman–Crippen LogP) is 2.92. The number of amides is 2. The smallest absolute Gasteiger partial charge is 0.320 e. The number of ether oxygens (including phenoxy) is 3. The lowest BCUT2D eigenvalue weighted by atomic mass is 9.94. The van der Waals surface area contributed by atoms with Crippen molar-refractivity contribution >= 4 is 11.8 Å². The maximum atomic E-state index is 11.6. The van der Waals surface area contributed by atoms with Gasteiger partial charge in [0, 0.05) is 43.5 Å². The van der Waals surface area contributed by atoms with E-state index in [1.807, 2.05) is 0 Å². The van der Waals surface area contributed by atoms with Gasteiger partial charge >= 0.3 is 6.03 Å². The first kappa shape index (κ1) is 17.9. The molecule has 2 amide bonds. The molecule has 0 aromatic carbocycles. The first-order valence-electron chi connectivity index (χ1n) is 8.43. The quantitative estimate of drug-likeness (QED) is 0.853. The van der Waals surface area contributed by atoms with Crippen LogP contribution in [-0.2, 0) is 4.74 Å². The Labute approximate surface area is 151 Å². The van der Waals surface area contributed by atoms with Gasteiger partial charge in [0.1, 0.15) is 23.1 Å². The van der Waals surface area contributed by atoms with Crippen LogP contribution in [0.1, 0.15) is 24.3 Å². The summed E-state index contributed by atoms with van der Waals surface area (Å²) in [5.41, 5.74) is 0.940. The number of carbonyl (C=O) groups excluding carboxylic acids is 1. The van der Waals surface area contributed by atoms with E-state index in [1.165, 1.54) is 0 Å². The number of rotatable bonds is 5. The van der Waals surface area contributed by atoms with Crippen LogP contribution in [0.2, 0.25) is 0 Å². The maximum Gasteiger partial charge on any atom is 0.320 e. The van der Waals surface area contributed by atoms with E-state index in [-0.39, 0.29) is 11.9 Å². The summed E-state index contributed by atoms with van der Waals surface area (Å²) in [5.74, 6) is 2.34. The monoisotopic (exact) mass is 358 g/mol. The Kier molecular flexibility index (Phi) is 5.85. The van der Waals surface area contributed by atoms with Crippen molar-refractivity contribution in [2.75, 3.05) is 32.7 Å². The number of nitrogens with zero attached hydrogens (tertiary/aromatic N) is 2. The van der Waals surface area contributed by atoms with E-state index >= 15 is 0 Å². The molecule has 3 rings (SSSR count). The number of hydrogen-bond acceptors (Lipinski definition) is 6. The summed E-state index contributed by atoms with van der Waals surface area (Å²) in [6.45, 7) is 1.40. The second-order valence-corrected chi connectivity index (χ2v) is 5.89. The fourth-order valence-corrected chi connectivity index (χ4v) is 2.77. The van der Waals surface area contributed by atoms with Crippen LogP contribution in [0.5, 0.6) is 17.2 Å². The van der Waals surface area contributed by atoms with E-state index in [0.717, 1.165) is 25.0 Å². The van der Waals surface area contributed by atoms with Crippen molar-refractivity contribution in [1.82, 2.24) is 15.3 Å². The summed E-state index contributed by atoms with van der Waals surface area (Å²) in [6, 6.07) is 3.11. The number of aromatic nitrogens is 2. The lowest BCUT2D eigenvalue weighted by Crippen LogP contribution is -2.25. The molecule has 2 aromatic rings. The third-order valence-corrected chi connectivity index (χ3v) is 4.12. The minimum atomic E-state index is -0.347. The van der Waals surface area contributed by atoms with Crippen LogP contribution in [-0.4, -0.2) is 43.4 Å². The van der Waals surface area contributed by atoms with Crippen LogP contribution in [0.3, 0.4) is 0 Å². The third-order valence-electron chi connectivity index (χ3n) is 4.12. The van der Waals surface area contributed by atoms with Gasteiger partial charge in [0.2, 0.25) is 0 Å². The van der Waals surface area contributed by atoms with Crippen LogP contribution < -0.4 is 20.1 Å². The Balaban J connectivity index is 1.91. The zero-order chi connectivity index (χ0) is 18.4. The summed E-state index contributed by atoms with van der Waals surface area (Å²) in [6.07, 6.45) is 6.93. The van der Waals surface area contributed by atoms with Gasteiger partial charge in [-0.3, -0.25) is 10.3 Å². The molecule has 0 saturated carbocycles. The number of urea groups is 1. The van der Waals surface area contributed by atoms with Gasteiger partial charge in [-0.25, -0.2) is 9.78 Å². The van der Waals surface area contributed by atoms with Gasteiger partial charge in [0.15, 0.2) is 0 Å². The molecule has 0 spiro atoms. The van der Waals surface area contributed by atoms with E-state index in [9.17, 15) is 4.79 Å². The molecular weight excluding hydrogens is 336 g/mol. The summed E-state index contributed by atoms with van der Waals surface area (Å²) < 4.78 is 16.8. The van der Waals surface area contributed by atoms with Gasteiger partial charge < -0.3 is 19.5 Å². The van der Waals surface area contributed by atoms with Crippen LogP contribution in [0, 0.1) is 0 Å². The van der Waals surface area contributed by atoms with Crippen molar-refractivity contribution in [3.05, 3.63) is 36.3 Å². The van der Waals surface area contributed by atoms with E-state index < -0.39 is 0 Å². The van der Waals surface area contributed by atoms with Crippen molar-refractivity contribution in [3.8, 4) is 17.2 Å². The number of hydrogen-bond donors (Lipinski definition) is 2. The maximum absolute atomic E-state index is 11.6. The zero-order valence-corrected chi connectivity index (χ0v) is 14.8. The van der Waals surface area contributed by atoms with Crippen LogP contribution in [0.25, 0.3) is 0 Å². The summed E-state index contributed by atoms with van der Waals surface area (Å²) in [7, 11) is 3.12. The highest BCUT2D eigenvalue weighted by molar-refractivity contribution is 5.88. The largest absolute Gasteiger partial charge is 0.495 e. The molecule has 0 aliphatic carbocycles. The Morgan fingerprint density at radius 2 is 2.12 bits per heavy atom. The second-order valence-electron chi connectivity index (χ2n) is 5.89. The lowest BCUT2D eigenvalue weighted by Gasteiger charge is -2.24. The molecule has 0 unspecified atom stereocenters. The topological polar surface area (TPSA) is 94.6 Å². The molecule has 2 aromatic heterocycles. The molecular formula is C18H22N4O4. The highest BCUT2D eigenvalue weighted by Gasteiger charge is 2.22. The molecule has 8 heteroatoms. The molecule has 1 aliphatic rings. The Morgan fingerprint density at radius 1 is 1.27 bits per heavy atom. The molecule has 26 heavy (non-hydrogen) atoms. The highest BCUT2D eigenvalue weighted by Crippen LogP contribution is 2.36. The predicted molar refractivity (Wildman–Crippen MR) is 96.0 cm³/mol. The van der Waals surface area contributed by atoms with Crippen molar-refractivity contribution in [2.45, 2.75) is 18.8 Å². The van der Waals surface area contributed by atoms with Crippen LogP contribution >= 0.6 is 0 Å². The summed E-state index contributed by atoms with van der Waals surface area (Å²) in [5, 5.41) is 5.16. The number of methoxy groups -OCH3 is 1. The van der Waals surface area contributed by atoms with Crippen LogP contribution in [0.4, 0.5) is 10.6 Å². The Bertz CT molecular complexity index is 763. The van der Waals surface area contributed by atoms with Gasteiger partial charge in [-0.15, -0.1) is 0 Å². The number of pyridine rings is 2. The summed E-state index contributed by atoms with van der Waals surface area (Å²) in [4.78, 5) is 20.0. The standard InChI is InChI=1S/C18H22N4O4/c1-19-18(23)22-17-7-16(26-14-6-13(24-2)8-20-9-14)15(10-21-17)12-4-3-5-25-11-12/h6-10,12H,3-5,11H2,1-2H3,(H2,19,21,22,23)/t12-/m0/s1. The van der Waals surface area contributed by atoms with Crippen molar-refractivity contribution in [2.24, 2.45) is 0 Å². The van der Waals surface area contributed by atoms with Gasteiger partial charge in [0.25, 0.3) is 0 Å². The van der Waals surface area contributed by atoms with Gasteiger partial charge in [-0.1, -0.05) is 0 Å². The van der Waals surface area contributed by atoms with E-state index in [4.69, 9.17) is 14.2 Å². The first-order valence-corrected chi connectivity index (χ1v) is 8.43. The van der Waals surface area contributed by atoms with Gasteiger partial charge in [-0.05, 0) is 12.8 Å². The Morgan fingerprint density at radius 3 is 2.85 bits per heavy atom. The van der Waals surface area contributed by atoms with Crippen molar-refractivity contribution < 1.29 is 19.0 Å². The molecule has 1 atom stereocenters. The fraction of sp³-hybridized carbons (Fsp3) is 0.389. The van der Waals surface area contributed by atoms with Crippen molar-refractivity contribution in [3.63, 3.8) is 0 Å². The van der Waals surface area contributed by atoms with E-state index in [0.29, 0.717) is 29.7 Å². The molecule has 1 aliphatic heterocycles. The normalized spacial score (nSPS) is 16.6.